The number of aromatic hydroxyl groups is 1. The number of hydrogen-bond donors (Lipinski definition) is 4. The minimum atomic E-state index is -0.125. The van der Waals surface area contributed by atoms with Crippen LogP contribution in [0.25, 0.3) is 0 Å². The summed E-state index contributed by atoms with van der Waals surface area (Å²) in [7, 11) is 0. The van der Waals surface area contributed by atoms with E-state index in [2.05, 4.69) is 10.3 Å². The number of aryl methyl sites for hydroxylation is 1. The maximum atomic E-state index is 9.76. The van der Waals surface area contributed by atoms with Crippen LogP contribution in [0.4, 0.5) is 0 Å². The summed E-state index contributed by atoms with van der Waals surface area (Å²) in [6, 6.07) is 0. The number of aliphatic hydroxyl groups excluding tert-OH is 1. The molecule has 0 saturated carbocycles. The van der Waals surface area contributed by atoms with Gasteiger partial charge in [0.05, 0.1) is 12.3 Å². The molecule has 6 heteroatoms. The molecule has 5 nitrogen and oxygen atoms in total. The van der Waals surface area contributed by atoms with E-state index < -0.39 is 0 Å². The zero-order chi connectivity index (χ0) is 11.3. The standard InChI is InChI=1S/C10H17N3O2.Mn/c1-7-10(15)9(5-12-3-2-11)8(6-14)4-13-7;/h4,12,14-15H,2-3,5-6,11H2,1H3;. The second-order valence-corrected chi connectivity index (χ2v) is 3.32. The van der Waals surface area contributed by atoms with Gasteiger partial charge in [-0.3, -0.25) is 4.98 Å². The molecule has 1 aromatic heterocycles. The van der Waals surface area contributed by atoms with Crippen molar-refractivity contribution in [2.24, 2.45) is 5.73 Å². The zero-order valence-corrected chi connectivity index (χ0v) is 10.4. The van der Waals surface area contributed by atoms with Crippen molar-refractivity contribution in [1.82, 2.24) is 10.3 Å². The van der Waals surface area contributed by atoms with E-state index in [0.29, 0.717) is 36.5 Å². The quantitative estimate of drug-likeness (QED) is 0.431. The first kappa shape index (κ1) is 15.3. The van der Waals surface area contributed by atoms with Crippen LogP contribution in [0.3, 0.4) is 0 Å². The fourth-order valence-corrected chi connectivity index (χ4v) is 1.33. The van der Waals surface area contributed by atoms with Gasteiger partial charge in [0.15, 0.2) is 0 Å². The summed E-state index contributed by atoms with van der Waals surface area (Å²) in [6.45, 7) is 3.30. The van der Waals surface area contributed by atoms with Crippen molar-refractivity contribution in [1.29, 1.82) is 0 Å². The summed E-state index contributed by atoms with van der Waals surface area (Å²) < 4.78 is 0. The predicted molar refractivity (Wildman–Crippen MR) is 57.3 cm³/mol. The Kier molecular flexibility index (Phi) is 7.29. The number of hydrogen-bond acceptors (Lipinski definition) is 5. The average molecular weight is 266 g/mol. The van der Waals surface area contributed by atoms with Gasteiger partial charge in [-0.25, -0.2) is 0 Å². The number of nitrogens with two attached hydrogens (primary N) is 1. The largest absolute Gasteiger partial charge is 0.506 e. The Bertz CT molecular complexity index is 334. The number of aliphatic hydroxyl groups is 1. The summed E-state index contributed by atoms with van der Waals surface area (Å²) in [5.41, 5.74) is 7.25. The Balaban J connectivity index is 0.00000225. The fraction of sp³-hybridized carbons (Fsp3) is 0.500. The van der Waals surface area contributed by atoms with Crippen LogP contribution in [0.2, 0.25) is 0 Å². The Hall–Kier alpha value is -0.651. The predicted octanol–water partition coefficient (Wildman–Crippen LogP) is -0.366. The van der Waals surface area contributed by atoms with Gasteiger partial charge in [0.25, 0.3) is 0 Å². The maximum Gasteiger partial charge on any atom is 0.141 e. The summed E-state index contributed by atoms with van der Waals surface area (Å²) in [5.74, 6) is 0.145. The van der Waals surface area contributed by atoms with Crippen LogP contribution < -0.4 is 11.1 Å². The molecule has 0 aliphatic heterocycles. The number of rotatable bonds is 5. The minimum absolute atomic E-state index is 0. The summed E-state index contributed by atoms with van der Waals surface area (Å²) in [6.07, 6.45) is 1.58. The Morgan fingerprint density at radius 2 is 2.19 bits per heavy atom. The molecule has 5 N–H and O–H groups in total. The van der Waals surface area contributed by atoms with E-state index in [1.54, 1.807) is 13.1 Å². The molecule has 0 aliphatic carbocycles. The second kappa shape index (κ2) is 7.59. The van der Waals surface area contributed by atoms with Gasteiger partial charge in [-0.05, 0) is 6.92 Å². The molecule has 0 amide bonds. The molecule has 0 atom stereocenters. The SMILES string of the molecule is Cc1ncc(CO)c(CNCCN)c1O.[Mn]. The Labute approximate surface area is 106 Å². The minimum Gasteiger partial charge on any atom is -0.506 e. The van der Waals surface area contributed by atoms with Crippen LogP contribution in [0.5, 0.6) is 5.75 Å². The summed E-state index contributed by atoms with van der Waals surface area (Å²) in [5, 5.41) is 21.9. The monoisotopic (exact) mass is 266 g/mol. The number of pyridine rings is 1. The molecule has 0 aromatic carbocycles. The second-order valence-electron chi connectivity index (χ2n) is 3.32. The first-order valence-electron chi connectivity index (χ1n) is 4.88. The summed E-state index contributed by atoms with van der Waals surface area (Å²) in [4.78, 5) is 3.98. The van der Waals surface area contributed by atoms with E-state index in [4.69, 9.17) is 10.8 Å². The van der Waals surface area contributed by atoms with Crippen molar-refractivity contribution in [3.05, 3.63) is 23.0 Å². The maximum absolute atomic E-state index is 9.76. The van der Waals surface area contributed by atoms with Crippen LogP contribution in [-0.4, -0.2) is 28.3 Å². The van der Waals surface area contributed by atoms with Crippen molar-refractivity contribution in [3.63, 3.8) is 0 Å². The van der Waals surface area contributed by atoms with E-state index in [-0.39, 0.29) is 29.4 Å². The summed E-state index contributed by atoms with van der Waals surface area (Å²) >= 11 is 0. The Morgan fingerprint density at radius 3 is 2.75 bits per heavy atom. The average Bonchev–Trinajstić information content (AvgIpc) is 2.25. The first-order valence-corrected chi connectivity index (χ1v) is 4.88. The first-order chi connectivity index (χ1) is 7.20. The van der Waals surface area contributed by atoms with E-state index in [9.17, 15) is 5.11 Å². The third kappa shape index (κ3) is 3.73. The van der Waals surface area contributed by atoms with Crippen LogP contribution in [0.1, 0.15) is 16.8 Å². The zero-order valence-electron chi connectivity index (χ0n) is 9.20. The van der Waals surface area contributed by atoms with Crippen molar-refractivity contribution >= 4 is 0 Å². The Morgan fingerprint density at radius 1 is 1.50 bits per heavy atom. The molecule has 0 aliphatic rings. The van der Waals surface area contributed by atoms with Crippen LogP contribution >= 0.6 is 0 Å². The van der Waals surface area contributed by atoms with Gasteiger partial charge < -0.3 is 21.3 Å². The van der Waals surface area contributed by atoms with E-state index in [1.165, 1.54) is 0 Å². The normalized spacial score (nSPS) is 9.94. The fourth-order valence-electron chi connectivity index (χ4n) is 1.33. The van der Waals surface area contributed by atoms with Gasteiger partial charge >= 0.3 is 0 Å². The number of aromatic nitrogens is 1. The van der Waals surface area contributed by atoms with Gasteiger partial charge in [-0.15, -0.1) is 0 Å². The van der Waals surface area contributed by atoms with Crippen LogP contribution in [0.15, 0.2) is 6.20 Å². The van der Waals surface area contributed by atoms with Gasteiger partial charge in [0.1, 0.15) is 5.75 Å². The molecule has 0 bridgehead atoms. The molecule has 1 radical (unpaired) electrons. The van der Waals surface area contributed by atoms with Crippen molar-refractivity contribution in [2.75, 3.05) is 13.1 Å². The van der Waals surface area contributed by atoms with Crippen LogP contribution in [-0.2, 0) is 30.2 Å². The number of nitrogens with zero attached hydrogens (tertiary/aromatic N) is 1. The third-order valence-electron chi connectivity index (χ3n) is 2.22. The van der Waals surface area contributed by atoms with E-state index >= 15 is 0 Å². The van der Waals surface area contributed by atoms with Gasteiger partial charge in [0, 0.05) is 54.0 Å². The van der Waals surface area contributed by atoms with Gasteiger partial charge in [-0.1, -0.05) is 0 Å². The molecule has 0 spiro atoms. The molecule has 0 unspecified atom stereocenters. The van der Waals surface area contributed by atoms with Gasteiger partial charge in [0.2, 0.25) is 0 Å². The van der Waals surface area contributed by atoms with Crippen molar-refractivity contribution < 1.29 is 27.3 Å². The molecule has 0 fully saturated rings. The molecule has 1 aromatic rings. The molecule has 0 saturated heterocycles. The van der Waals surface area contributed by atoms with E-state index in [0.717, 1.165) is 0 Å². The van der Waals surface area contributed by atoms with E-state index in [1.807, 2.05) is 0 Å². The smallest absolute Gasteiger partial charge is 0.141 e. The van der Waals surface area contributed by atoms with Crippen LogP contribution in [0, 0.1) is 6.92 Å². The molecule has 1 heterocycles. The van der Waals surface area contributed by atoms with Crippen molar-refractivity contribution in [3.8, 4) is 5.75 Å². The molecule has 16 heavy (non-hydrogen) atoms. The molecular weight excluding hydrogens is 249 g/mol. The third-order valence-corrected chi connectivity index (χ3v) is 2.22. The van der Waals surface area contributed by atoms with Crippen molar-refractivity contribution in [2.45, 2.75) is 20.1 Å². The van der Waals surface area contributed by atoms with Gasteiger partial charge in [-0.2, -0.15) is 0 Å². The molecule has 1 rings (SSSR count). The topological polar surface area (TPSA) is 91.4 Å². The molecule has 91 valence electrons. The number of nitrogens with one attached hydrogen (secondary N) is 1. The molecular formula is C10H17MnN3O2.